The molecule has 0 unspecified atom stereocenters. The zero-order valence-electron chi connectivity index (χ0n) is 7.73. The van der Waals surface area contributed by atoms with Gasteiger partial charge in [0.1, 0.15) is 11.2 Å². The number of hydrogen-bond donors (Lipinski definition) is 1. The molecule has 14 heavy (non-hydrogen) atoms. The summed E-state index contributed by atoms with van der Waals surface area (Å²) in [6.07, 6.45) is 4.84. The normalized spacial score (nSPS) is 17.8. The van der Waals surface area contributed by atoms with E-state index in [2.05, 4.69) is 9.97 Å². The second-order valence-corrected chi connectivity index (χ2v) is 4.14. The standard InChI is InChI=1S/C9H10N2O2S/c1-14-6-2-5-10-7(11-6)9(3-4-9)8(12)13/h2,5H,3-4H2,1H3,(H,12,13). The topological polar surface area (TPSA) is 63.1 Å². The van der Waals surface area contributed by atoms with Crippen molar-refractivity contribution in [3.05, 3.63) is 18.1 Å². The number of nitrogens with zero attached hydrogens (tertiary/aromatic N) is 2. The van der Waals surface area contributed by atoms with Gasteiger partial charge < -0.3 is 5.11 Å². The summed E-state index contributed by atoms with van der Waals surface area (Å²) in [5, 5.41) is 9.86. The number of carbonyl (C=O) groups is 1. The van der Waals surface area contributed by atoms with Gasteiger partial charge >= 0.3 is 5.97 Å². The Morgan fingerprint density at radius 2 is 2.36 bits per heavy atom. The Labute approximate surface area is 85.8 Å². The minimum atomic E-state index is -0.809. The first-order valence-corrected chi connectivity index (χ1v) is 5.52. The molecule has 0 amide bonds. The minimum Gasteiger partial charge on any atom is -0.480 e. The van der Waals surface area contributed by atoms with Gasteiger partial charge in [-0.25, -0.2) is 9.97 Å². The van der Waals surface area contributed by atoms with Crippen molar-refractivity contribution in [3.8, 4) is 0 Å². The first-order valence-electron chi connectivity index (χ1n) is 4.30. The third kappa shape index (κ3) is 1.37. The maximum atomic E-state index is 11.0. The zero-order chi connectivity index (χ0) is 10.2. The van der Waals surface area contributed by atoms with Crippen LogP contribution in [-0.4, -0.2) is 27.3 Å². The third-order valence-electron chi connectivity index (χ3n) is 2.43. The molecule has 1 heterocycles. The van der Waals surface area contributed by atoms with Gasteiger partial charge in [-0.15, -0.1) is 11.8 Å². The average Bonchev–Trinajstić information content (AvgIpc) is 2.98. The van der Waals surface area contributed by atoms with E-state index in [1.54, 1.807) is 12.3 Å². The van der Waals surface area contributed by atoms with Crippen LogP contribution in [0.25, 0.3) is 0 Å². The lowest BCUT2D eigenvalue weighted by Gasteiger charge is -2.07. The molecule has 4 nitrogen and oxygen atoms in total. The van der Waals surface area contributed by atoms with Crippen LogP contribution in [0.5, 0.6) is 0 Å². The van der Waals surface area contributed by atoms with Crippen molar-refractivity contribution in [2.24, 2.45) is 0 Å². The molecule has 1 aromatic heterocycles. The summed E-state index contributed by atoms with van der Waals surface area (Å²) in [6, 6.07) is 1.78. The molecule has 0 aromatic carbocycles. The SMILES string of the molecule is CSc1ccnc(C2(C(=O)O)CC2)n1. The summed E-state index contributed by atoms with van der Waals surface area (Å²) in [5.41, 5.74) is -0.786. The fraction of sp³-hybridized carbons (Fsp3) is 0.444. The lowest BCUT2D eigenvalue weighted by atomic mass is 10.1. The molecule has 1 N–H and O–H groups in total. The van der Waals surface area contributed by atoms with Gasteiger partial charge in [0, 0.05) is 6.20 Å². The molecule has 1 aliphatic rings. The van der Waals surface area contributed by atoms with E-state index in [-0.39, 0.29) is 0 Å². The summed E-state index contributed by atoms with van der Waals surface area (Å²) in [7, 11) is 0. The first-order chi connectivity index (χ1) is 6.69. The summed E-state index contributed by atoms with van der Waals surface area (Å²) in [5.74, 6) is -0.354. The van der Waals surface area contributed by atoms with Crippen molar-refractivity contribution < 1.29 is 9.90 Å². The molecule has 0 saturated heterocycles. The molecule has 0 radical (unpaired) electrons. The van der Waals surface area contributed by atoms with E-state index in [0.29, 0.717) is 18.7 Å². The summed E-state index contributed by atoms with van der Waals surface area (Å²) in [6.45, 7) is 0. The van der Waals surface area contributed by atoms with Crippen molar-refractivity contribution in [2.75, 3.05) is 6.26 Å². The molecule has 2 rings (SSSR count). The molecule has 1 aliphatic carbocycles. The van der Waals surface area contributed by atoms with Gasteiger partial charge in [0.05, 0.1) is 5.03 Å². The fourth-order valence-electron chi connectivity index (χ4n) is 1.34. The van der Waals surface area contributed by atoms with E-state index in [0.717, 1.165) is 5.03 Å². The number of rotatable bonds is 3. The molecule has 0 aliphatic heterocycles. The van der Waals surface area contributed by atoms with Crippen LogP contribution in [0, 0.1) is 0 Å². The number of aliphatic carboxylic acids is 1. The van der Waals surface area contributed by atoms with E-state index in [4.69, 9.17) is 5.11 Å². The Kier molecular flexibility index (Phi) is 2.19. The highest BCUT2D eigenvalue weighted by Gasteiger charge is 2.54. The highest BCUT2D eigenvalue weighted by molar-refractivity contribution is 7.98. The number of carboxylic acid groups (broad SMARTS) is 1. The number of aromatic nitrogens is 2. The minimum absolute atomic E-state index is 0.455. The lowest BCUT2D eigenvalue weighted by Crippen LogP contribution is -2.22. The fourth-order valence-corrected chi connectivity index (χ4v) is 1.72. The number of thioether (sulfide) groups is 1. The highest BCUT2D eigenvalue weighted by atomic mass is 32.2. The molecule has 74 valence electrons. The summed E-state index contributed by atoms with van der Waals surface area (Å²) < 4.78 is 0. The van der Waals surface area contributed by atoms with Crippen LogP contribution >= 0.6 is 11.8 Å². The molecule has 0 bridgehead atoms. The highest BCUT2D eigenvalue weighted by Crippen LogP contribution is 2.46. The predicted molar refractivity (Wildman–Crippen MR) is 52.4 cm³/mol. The van der Waals surface area contributed by atoms with E-state index in [1.807, 2.05) is 6.26 Å². The third-order valence-corrected chi connectivity index (χ3v) is 3.07. The van der Waals surface area contributed by atoms with Gasteiger partial charge in [0.25, 0.3) is 0 Å². The molecular weight excluding hydrogens is 200 g/mol. The van der Waals surface area contributed by atoms with Gasteiger partial charge in [-0.3, -0.25) is 4.79 Å². The number of carboxylic acids is 1. The van der Waals surface area contributed by atoms with E-state index in [1.165, 1.54) is 11.8 Å². The zero-order valence-corrected chi connectivity index (χ0v) is 8.54. The van der Waals surface area contributed by atoms with Gasteiger partial charge in [-0.2, -0.15) is 0 Å². The number of hydrogen-bond acceptors (Lipinski definition) is 4. The van der Waals surface area contributed by atoms with Crippen LogP contribution in [-0.2, 0) is 10.2 Å². The van der Waals surface area contributed by atoms with Gasteiger partial charge in [-0.05, 0) is 25.2 Å². The quantitative estimate of drug-likeness (QED) is 0.602. The van der Waals surface area contributed by atoms with E-state index >= 15 is 0 Å². The van der Waals surface area contributed by atoms with Crippen molar-refractivity contribution in [1.82, 2.24) is 9.97 Å². The lowest BCUT2D eigenvalue weighted by molar-refractivity contribution is -0.140. The molecule has 0 atom stereocenters. The van der Waals surface area contributed by atoms with Crippen molar-refractivity contribution in [2.45, 2.75) is 23.3 Å². The predicted octanol–water partition coefficient (Wildman–Crippen LogP) is 1.31. The molecule has 1 aromatic rings. The van der Waals surface area contributed by atoms with Gasteiger partial charge in [0.15, 0.2) is 0 Å². The Hall–Kier alpha value is -1.10. The van der Waals surface area contributed by atoms with Crippen LogP contribution < -0.4 is 0 Å². The molecule has 1 saturated carbocycles. The molecule has 5 heteroatoms. The first kappa shape index (κ1) is 9.45. The van der Waals surface area contributed by atoms with Crippen LogP contribution in [0.1, 0.15) is 18.7 Å². The summed E-state index contributed by atoms with van der Waals surface area (Å²) >= 11 is 1.49. The van der Waals surface area contributed by atoms with Crippen LogP contribution in [0.4, 0.5) is 0 Å². The van der Waals surface area contributed by atoms with Crippen molar-refractivity contribution in [3.63, 3.8) is 0 Å². The Bertz CT molecular complexity index is 377. The Balaban J connectivity index is 2.37. The monoisotopic (exact) mass is 210 g/mol. The second-order valence-electron chi connectivity index (χ2n) is 3.31. The Morgan fingerprint density at radius 1 is 1.64 bits per heavy atom. The maximum Gasteiger partial charge on any atom is 0.317 e. The van der Waals surface area contributed by atoms with Crippen LogP contribution in [0.15, 0.2) is 17.3 Å². The largest absolute Gasteiger partial charge is 0.480 e. The van der Waals surface area contributed by atoms with E-state index < -0.39 is 11.4 Å². The van der Waals surface area contributed by atoms with Gasteiger partial charge in [0.2, 0.25) is 0 Å². The molecule has 1 fully saturated rings. The van der Waals surface area contributed by atoms with Gasteiger partial charge in [-0.1, -0.05) is 0 Å². The van der Waals surface area contributed by atoms with E-state index in [9.17, 15) is 4.79 Å². The molecular formula is C9H10N2O2S. The van der Waals surface area contributed by atoms with Crippen molar-refractivity contribution in [1.29, 1.82) is 0 Å². The van der Waals surface area contributed by atoms with Crippen molar-refractivity contribution >= 4 is 17.7 Å². The summed E-state index contributed by atoms with van der Waals surface area (Å²) in [4.78, 5) is 19.3. The van der Waals surface area contributed by atoms with Crippen LogP contribution in [0.2, 0.25) is 0 Å². The van der Waals surface area contributed by atoms with Crippen LogP contribution in [0.3, 0.4) is 0 Å². The smallest absolute Gasteiger partial charge is 0.317 e. The maximum absolute atomic E-state index is 11.0. The molecule has 0 spiro atoms. The average molecular weight is 210 g/mol. The Morgan fingerprint density at radius 3 is 2.86 bits per heavy atom. The second kappa shape index (κ2) is 3.24.